The van der Waals surface area contributed by atoms with Crippen molar-refractivity contribution >= 4 is 22.4 Å². The third-order valence-corrected chi connectivity index (χ3v) is 6.34. The van der Waals surface area contributed by atoms with Crippen LogP contribution in [-0.2, 0) is 10.2 Å². The molecule has 3 N–H and O–H groups in total. The van der Waals surface area contributed by atoms with Crippen molar-refractivity contribution in [3.05, 3.63) is 5.01 Å². The van der Waals surface area contributed by atoms with E-state index in [1.807, 2.05) is 0 Å². The lowest BCUT2D eigenvalue weighted by atomic mass is 9.65. The molecule has 3 rings (SSSR count). The normalized spacial score (nSPS) is 31.8. The highest BCUT2D eigenvalue weighted by Crippen LogP contribution is 2.42. The lowest BCUT2D eigenvalue weighted by Gasteiger charge is -2.43. The Kier molecular flexibility index (Phi) is 4.25. The Labute approximate surface area is 136 Å². The zero-order valence-corrected chi connectivity index (χ0v) is 14.4. The SMILES string of the molecule is CC(C)(C)c1nnc(NC(=O)C2CC3CCCC(C2)C3N)s1. The van der Waals surface area contributed by atoms with E-state index in [0.29, 0.717) is 23.0 Å². The van der Waals surface area contributed by atoms with Crippen molar-refractivity contribution in [2.24, 2.45) is 23.5 Å². The highest BCUT2D eigenvalue weighted by atomic mass is 32.1. The van der Waals surface area contributed by atoms with E-state index in [4.69, 9.17) is 5.73 Å². The van der Waals surface area contributed by atoms with Crippen LogP contribution in [0.2, 0.25) is 0 Å². The van der Waals surface area contributed by atoms with E-state index in [9.17, 15) is 4.79 Å². The molecule has 1 amide bonds. The Morgan fingerprint density at radius 3 is 2.41 bits per heavy atom. The fraction of sp³-hybridized carbons (Fsp3) is 0.812. The van der Waals surface area contributed by atoms with Crippen LogP contribution in [0.1, 0.15) is 57.9 Å². The van der Waals surface area contributed by atoms with Crippen molar-refractivity contribution in [1.29, 1.82) is 0 Å². The average molecular weight is 322 g/mol. The van der Waals surface area contributed by atoms with E-state index in [-0.39, 0.29) is 17.2 Å². The summed E-state index contributed by atoms with van der Waals surface area (Å²) in [6.07, 6.45) is 5.47. The first-order valence-corrected chi connectivity index (χ1v) is 9.06. The molecule has 0 aromatic carbocycles. The number of nitrogens with one attached hydrogen (secondary N) is 1. The molecule has 122 valence electrons. The molecule has 2 saturated carbocycles. The zero-order valence-electron chi connectivity index (χ0n) is 13.6. The van der Waals surface area contributed by atoms with Crippen LogP contribution < -0.4 is 11.1 Å². The van der Waals surface area contributed by atoms with Gasteiger partial charge in [0.25, 0.3) is 0 Å². The lowest BCUT2D eigenvalue weighted by Crippen LogP contribution is -2.48. The summed E-state index contributed by atoms with van der Waals surface area (Å²) in [4.78, 5) is 12.6. The second-order valence-corrected chi connectivity index (χ2v) is 8.83. The van der Waals surface area contributed by atoms with Crippen LogP contribution >= 0.6 is 11.3 Å². The Morgan fingerprint density at radius 2 is 1.86 bits per heavy atom. The molecule has 1 heterocycles. The first-order valence-electron chi connectivity index (χ1n) is 8.25. The largest absolute Gasteiger partial charge is 0.327 e. The summed E-state index contributed by atoms with van der Waals surface area (Å²) in [5, 5.41) is 12.8. The van der Waals surface area contributed by atoms with E-state index in [2.05, 4.69) is 36.3 Å². The molecule has 0 radical (unpaired) electrons. The van der Waals surface area contributed by atoms with Gasteiger partial charge in [-0.1, -0.05) is 38.5 Å². The van der Waals surface area contributed by atoms with Crippen molar-refractivity contribution in [3.63, 3.8) is 0 Å². The summed E-state index contributed by atoms with van der Waals surface area (Å²) in [7, 11) is 0. The van der Waals surface area contributed by atoms with Gasteiger partial charge in [-0.15, -0.1) is 10.2 Å². The third-order valence-electron chi connectivity index (χ3n) is 5.08. The third kappa shape index (κ3) is 3.18. The van der Waals surface area contributed by atoms with Gasteiger partial charge in [0.15, 0.2) is 0 Å². The molecule has 1 aromatic heterocycles. The Morgan fingerprint density at radius 1 is 1.23 bits per heavy atom. The maximum atomic E-state index is 12.6. The fourth-order valence-electron chi connectivity index (χ4n) is 3.79. The monoisotopic (exact) mass is 322 g/mol. The fourth-order valence-corrected chi connectivity index (χ4v) is 4.59. The molecule has 2 unspecified atom stereocenters. The molecule has 5 nitrogen and oxygen atoms in total. The number of rotatable bonds is 2. The van der Waals surface area contributed by atoms with E-state index in [0.717, 1.165) is 17.8 Å². The highest BCUT2D eigenvalue weighted by molar-refractivity contribution is 7.15. The van der Waals surface area contributed by atoms with Gasteiger partial charge in [0.1, 0.15) is 5.01 Å². The first kappa shape index (κ1) is 15.9. The van der Waals surface area contributed by atoms with Gasteiger partial charge < -0.3 is 11.1 Å². The average Bonchev–Trinajstić information content (AvgIpc) is 2.86. The summed E-state index contributed by atoms with van der Waals surface area (Å²) in [6, 6.07) is 0.298. The van der Waals surface area contributed by atoms with Crippen LogP contribution in [0.15, 0.2) is 0 Å². The quantitative estimate of drug-likeness (QED) is 0.877. The molecule has 0 aliphatic heterocycles. The maximum absolute atomic E-state index is 12.6. The summed E-state index contributed by atoms with van der Waals surface area (Å²) < 4.78 is 0. The number of carbonyl (C=O) groups excluding carboxylic acids is 1. The molecule has 2 aliphatic carbocycles. The Balaban J connectivity index is 1.64. The van der Waals surface area contributed by atoms with Gasteiger partial charge in [0.2, 0.25) is 11.0 Å². The molecule has 6 heteroatoms. The minimum atomic E-state index is -0.0325. The summed E-state index contributed by atoms with van der Waals surface area (Å²) >= 11 is 1.48. The molecule has 2 atom stereocenters. The standard InChI is InChI=1S/C16H26N4OS/c1-16(2,3)14-19-20-15(22-14)18-13(21)11-7-9-5-4-6-10(8-11)12(9)17/h9-12H,4-8,17H2,1-3H3,(H,18,20,21). The number of anilines is 1. The molecular formula is C16H26N4OS. The van der Waals surface area contributed by atoms with Gasteiger partial charge in [-0.05, 0) is 37.5 Å². The van der Waals surface area contributed by atoms with Gasteiger partial charge >= 0.3 is 0 Å². The maximum Gasteiger partial charge on any atom is 0.229 e. The van der Waals surface area contributed by atoms with Crippen molar-refractivity contribution in [2.45, 2.75) is 64.3 Å². The minimum absolute atomic E-state index is 0.0325. The Bertz CT molecular complexity index is 537. The predicted octanol–water partition coefficient (Wildman–Crippen LogP) is 2.93. The van der Waals surface area contributed by atoms with E-state index >= 15 is 0 Å². The second-order valence-electron chi connectivity index (χ2n) is 7.85. The van der Waals surface area contributed by atoms with Crippen LogP contribution in [0.3, 0.4) is 0 Å². The summed E-state index contributed by atoms with van der Waals surface area (Å²) in [5.74, 6) is 1.21. The van der Waals surface area contributed by atoms with Gasteiger partial charge in [-0.3, -0.25) is 4.79 Å². The molecule has 0 saturated heterocycles. The first-order chi connectivity index (χ1) is 10.3. The molecular weight excluding hydrogens is 296 g/mol. The van der Waals surface area contributed by atoms with Crippen LogP contribution in [-0.4, -0.2) is 22.1 Å². The van der Waals surface area contributed by atoms with E-state index in [1.165, 1.54) is 30.6 Å². The van der Waals surface area contributed by atoms with Crippen molar-refractivity contribution in [3.8, 4) is 0 Å². The van der Waals surface area contributed by atoms with Crippen LogP contribution in [0.5, 0.6) is 0 Å². The molecule has 2 aliphatic rings. The zero-order chi connectivity index (χ0) is 15.9. The Hall–Kier alpha value is -1.01. The minimum Gasteiger partial charge on any atom is -0.327 e. The molecule has 2 bridgehead atoms. The predicted molar refractivity (Wildman–Crippen MR) is 88.8 cm³/mol. The van der Waals surface area contributed by atoms with Gasteiger partial charge in [0.05, 0.1) is 0 Å². The second kappa shape index (κ2) is 5.89. The molecule has 1 aromatic rings. The smallest absolute Gasteiger partial charge is 0.229 e. The molecule has 0 spiro atoms. The number of fused-ring (bicyclic) bond motifs is 2. The van der Waals surface area contributed by atoms with Crippen molar-refractivity contribution in [2.75, 3.05) is 5.32 Å². The summed E-state index contributed by atoms with van der Waals surface area (Å²) in [6.45, 7) is 6.30. The van der Waals surface area contributed by atoms with Crippen LogP contribution in [0, 0.1) is 17.8 Å². The topological polar surface area (TPSA) is 80.9 Å². The number of hydrogen-bond acceptors (Lipinski definition) is 5. The van der Waals surface area contributed by atoms with Crippen LogP contribution in [0.4, 0.5) is 5.13 Å². The molecule has 2 fully saturated rings. The number of hydrogen-bond donors (Lipinski definition) is 2. The van der Waals surface area contributed by atoms with Gasteiger partial charge in [-0.25, -0.2) is 0 Å². The van der Waals surface area contributed by atoms with Gasteiger partial charge in [-0.2, -0.15) is 0 Å². The number of amides is 1. The number of nitrogens with zero attached hydrogens (tertiary/aromatic N) is 2. The number of carbonyl (C=O) groups is 1. The van der Waals surface area contributed by atoms with E-state index in [1.54, 1.807) is 0 Å². The number of nitrogens with two attached hydrogens (primary N) is 1. The van der Waals surface area contributed by atoms with Gasteiger partial charge in [0, 0.05) is 17.4 Å². The van der Waals surface area contributed by atoms with E-state index < -0.39 is 0 Å². The van der Waals surface area contributed by atoms with Crippen molar-refractivity contribution < 1.29 is 4.79 Å². The van der Waals surface area contributed by atoms with Crippen molar-refractivity contribution in [1.82, 2.24) is 10.2 Å². The highest BCUT2D eigenvalue weighted by Gasteiger charge is 2.40. The lowest BCUT2D eigenvalue weighted by molar-refractivity contribution is -0.122. The number of aromatic nitrogens is 2. The molecule has 22 heavy (non-hydrogen) atoms. The summed E-state index contributed by atoms with van der Waals surface area (Å²) in [5.41, 5.74) is 6.27. The van der Waals surface area contributed by atoms with Crippen LogP contribution in [0.25, 0.3) is 0 Å².